The molecule has 1 N–H and O–H groups in total. The third kappa shape index (κ3) is 4.17. The van der Waals surface area contributed by atoms with E-state index in [4.69, 9.17) is 4.42 Å². The predicted molar refractivity (Wildman–Crippen MR) is 105 cm³/mol. The van der Waals surface area contributed by atoms with E-state index >= 15 is 0 Å². The molecule has 0 spiro atoms. The molecular formula is C21H15FN2O2S. The van der Waals surface area contributed by atoms with Gasteiger partial charge < -0.3 is 9.73 Å². The first kappa shape index (κ1) is 17.3. The molecule has 27 heavy (non-hydrogen) atoms. The molecule has 134 valence electrons. The lowest BCUT2D eigenvalue weighted by molar-refractivity contribution is -0.113. The predicted octanol–water partition coefficient (Wildman–Crippen LogP) is 5.36. The van der Waals surface area contributed by atoms with Crippen molar-refractivity contribution in [3.8, 4) is 11.3 Å². The fraction of sp³-hybridized carbons (Fsp3) is 0.0476. The quantitative estimate of drug-likeness (QED) is 0.475. The number of rotatable bonds is 5. The summed E-state index contributed by atoms with van der Waals surface area (Å²) in [6, 6.07) is 19.7. The van der Waals surface area contributed by atoms with Crippen molar-refractivity contribution in [1.82, 2.24) is 4.98 Å². The van der Waals surface area contributed by atoms with Gasteiger partial charge in [0, 0.05) is 11.3 Å². The Labute approximate surface area is 159 Å². The number of nitrogens with zero attached hydrogens (tertiary/aromatic N) is 1. The van der Waals surface area contributed by atoms with Crippen LogP contribution in [-0.2, 0) is 4.79 Å². The number of fused-ring (bicyclic) bond motifs is 1. The number of oxazole rings is 1. The Morgan fingerprint density at radius 2 is 1.81 bits per heavy atom. The maximum Gasteiger partial charge on any atom is 0.256 e. The molecule has 3 aromatic carbocycles. The number of benzene rings is 3. The van der Waals surface area contributed by atoms with Crippen molar-refractivity contribution in [2.45, 2.75) is 5.22 Å². The number of carbonyl (C=O) groups excluding carboxylic acids is 1. The van der Waals surface area contributed by atoms with Gasteiger partial charge in [-0.15, -0.1) is 0 Å². The van der Waals surface area contributed by atoms with Gasteiger partial charge in [-0.25, -0.2) is 9.37 Å². The van der Waals surface area contributed by atoms with Crippen LogP contribution in [0, 0.1) is 5.82 Å². The van der Waals surface area contributed by atoms with Crippen molar-refractivity contribution in [3.63, 3.8) is 0 Å². The Balaban J connectivity index is 1.37. The van der Waals surface area contributed by atoms with Gasteiger partial charge in [0.05, 0.1) is 11.9 Å². The van der Waals surface area contributed by atoms with Crippen molar-refractivity contribution in [2.24, 2.45) is 0 Å². The van der Waals surface area contributed by atoms with Crippen molar-refractivity contribution in [1.29, 1.82) is 0 Å². The topological polar surface area (TPSA) is 55.1 Å². The standard InChI is InChI=1S/C21H15FN2O2S/c22-17-8-5-15(6-9-17)19-12-23-21(26-19)27-13-20(25)24-18-10-7-14-3-1-2-4-16(14)11-18/h1-12H,13H2,(H,24,25). The third-order valence-electron chi connectivity index (χ3n) is 3.97. The second-order valence-electron chi connectivity index (χ2n) is 5.90. The van der Waals surface area contributed by atoms with E-state index in [1.165, 1.54) is 23.9 Å². The lowest BCUT2D eigenvalue weighted by Crippen LogP contribution is -2.13. The number of nitrogens with one attached hydrogen (secondary N) is 1. The Bertz CT molecular complexity index is 1090. The lowest BCUT2D eigenvalue weighted by Gasteiger charge is -2.05. The minimum Gasteiger partial charge on any atom is -0.431 e. The van der Waals surface area contributed by atoms with Crippen molar-refractivity contribution < 1.29 is 13.6 Å². The molecule has 1 aromatic heterocycles. The molecule has 0 unspecified atom stereocenters. The van der Waals surface area contributed by atoms with Crippen LogP contribution in [0.5, 0.6) is 0 Å². The number of anilines is 1. The lowest BCUT2D eigenvalue weighted by atomic mass is 10.1. The summed E-state index contributed by atoms with van der Waals surface area (Å²) >= 11 is 1.21. The Morgan fingerprint density at radius 1 is 1.04 bits per heavy atom. The fourth-order valence-electron chi connectivity index (χ4n) is 2.66. The summed E-state index contributed by atoms with van der Waals surface area (Å²) < 4.78 is 18.6. The average molecular weight is 378 g/mol. The zero-order chi connectivity index (χ0) is 18.6. The normalized spacial score (nSPS) is 10.9. The molecule has 4 rings (SSSR count). The van der Waals surface area contributed by atoms with Crippen LogP contribution >= 0.6 is 11.8 Å². The molecule has 0 aliphatic heterocycles. The van der Waals surface area contributed by atoms with Crippen molar-refractivity contribution >= 4 is 34.1 Å². The van der Waals surface area contributed by atoms with Gasteiger partial charge in [-0.3, -0.25) is 4.79 Å². The molecule has 4 nitrogen and oxygen atoms in total. The highest BCUT2D eigenvalue weighted by Gasteiger charge is 2.10. The number of aromatic nitrogens is 1. The van der Waals surface area contributed by atoms with E-state index in [9.17, 15) is 9.18 Å². The highest BCUT2D eigenvalue weighted by atomic mass is 32.2. The summed E-state index contributed by atoms with van der Waals surface area (Å²) in [6.45, 7) is 0. The maximum atomic E-state index is 13.0. The number of hydrogen-bond donors (Lipinski definition) is 1. The summed E-state index contributed by atoms with van der Waals surface area (Å²) in [6.07, 6.45) is 1.57. The molecule has 0 aliphatic rings. The highest BCUT2D eigenvalue weighted by Crippen LogP contribution is 2.26. The second-order valence-corrected chi connectivity index (χ2v) is 6.82. The summed E-state index contributed by atoms with van der Waals surface area (Å²) in [7, 11) is 0. The molecule has 6 heteroatoms. The summed E-state index contributed by atoms with van der Waals surface area (Å²) in [5.74, 6) is 0.262. The Morgan fingerprint density at radius 3 is 2.63 bits per heavy atom. The van der Waals surface area contributed by atoms with E-state index < -0.39 is 0 Å². The van der Waals surface area contributed by atoms with Crippen molar-refractivity contribution in [2.75, 3.05) is 11.1 Å². The third-order valence-corrected chi connectivity index (χ3v) is 4.82. The van der Waals surface area contributed by atoms with Crippen LogP contribution in [0.25, 0.3) is 22.1 Å². The van der Waals surface area contributed by atoms with Gasteiger partial charge in [0.2, 0.25) is 5.91 Å². The summed E-state index contributed by atoms with van der Waals surface area (Å²) in [4.78, 5) is 16.4. The molecule has 1 heterocycles. The van der Waals surface area contributed by atoms with E-state index in [1.807, 2.05) is 42.5 Å². The molecule has 0 aliphatic carbocycles. The van der Waals surface area contributed by atoms with E-state index in [1.54, 1.807) is 18.3 Å². The van der Waals surface area contributed by atoms with Gasteiger partial charge in [-0.1, -0.05) is 42.1 Å². The molecule has 0 atom stereocenters. The molecule has 4 aromatic rings. The summed E-state index contributed by atoms with van der Waals surface area (Å²) in [5, 5.41) is 5.46. The zero-order valence-electron chi connectivity index (χ0n) is 14.2. The molecule has 0 radical (unpaired) electrons. The molecule has 0 bridgehead atoms. The van der Waals surface area contributed by atoms with E-state index in [-0.39, 0.29) is 17.5 Å². The minimum absolute atomic E-state index is 0.142. The van der Waals surface area contributed by atoms with Gasteiger partial charge in [0.25, 0.3) is 5.22 Å². The first-order chi connectivity index (χ1) is 13.2. The molecule has 0 saturated carbocycles. The average Bonchev–Trinajstić information content (AvgIpc) is 3.16. The van der Waals surface area contributed by atoms with Crippen LogP contribution in [0.2, 0.25) is 0 Å². The van der Waals surface area contributed by atoms with Gasteiger partial charge >= 0.3 is 0 Å². The van der Waals surface area contributed by atoms with Crippen LogP contribution in [-0.4, -0.2) is 16.6 Å². The number of amides is 1. The van der Waals surface area contributed by atoms with Gasteiger partial charge in [0.1, 0.15) is 5.82 Å². The number of hydrogen-bond acceptors (Lipinski definition) is 4. The molecule has 1 amide bonds. The van der Waals surface area contributed by atoms with Gasteiger partial charge in [-0.05, 0) is 47.2 Å². The number of thioether (sulfide) groups is 1. The first-order valence-corrected chi connectivity index (χ1v) is 9.29. The Hall–Kier alpha value is -3.12. The SMILES string of the molecule is O=C(CSc1ncc(-c2ccc(F)cc2)o1)Nc1ccc2ccccc2c1. The maximum absolute atomic E-state index is 13.0. The smallest absolute Gasteiger partial charge is 0.256 e. The molecule has 0 saturated heterocycles. The first-order valence-electron chi connectivity index (χ1n) is 8.30. The van der Waals surface area contributed by atoms with E-state index in [2.05, 4.69) is 10.3 Å². The number of halogens is 1. The van der Waals surface area contributed by atoms with Gasteiger partial charge in [0.15, 0.2) is 5.76 Å². The van der Waals surface area contributed by atoms with Crippen LogP contribution in [0.4, 0.5) is 10.1 Å². The molecular weight excluding hydrogens is 363 g/mol. The van der Waals surface area contributed by atoms with Crippen LogP contribution < -0.4 is 5.32 Å². The van der Waals surface area contributed by atoms with Crippen LogP contribution in [0.15, 0.2) is 82.6 Å². The van der Waals surface area contributed by atoms with Gasteiger partial charge in [-0.2, -0.15) is 0 Å². The van der Waals surface area contributed by atoms with Crippen molar-refractivity contribution in [3.05, 3.63) is 78.7 Å². The molecule has 0 fully saturated rings. The second kappa shape index (κ2) is 7.63. The van der Waals surface area contributed by atoms with E-state index in [0.717, 1.165) is 22.0 Å². The summed E-state index contributed by atoms with van der Waals surface area (Å²) in [5.41, 5.74) is 1.48. The van der Waals surface area contributed by atoms with Crippen LogP contribution in [0.3, 0.4) is 0 Å². The highest BCUT2D eigenvalue weighted by molar-refractivity contribution is 7.99. The largest absolute Gasteiger partial charge is 0.431 e. The monoisotopic (exact) mass is 378 g/mol. The zero-order valence-corrected chi connectivity index (χ0v) is 15.0. The fourth-order valence-corrected chi connectivity index (χ4v) is 3.27. The van der Waals surface area contributed by atoms with E-state index in [0.29, 0.717) is 11.0 Å². The number of carbonyl (C=O) groups is 1. The Kier molecular flexibility index (Phi) is 4.89. The minimum atomic E-state index is -0.307. The van der Waals surface area contributed by atoms with Crippen LogP contribution in [0.1, 0.15) is 0 Å².